The number of hydrogen-bond acceptors (Lipinski definition) is 7. The third kappa shape index (κ3) is 11.6. The highest BCUT2D eigenvalue weighted by Crippen LogP contribution is 2.16. The molecule has 0 spiro atoms. The van der Waals surface area contributed by atoms with Crippen molar-refractivity contribution in [1.82, 2.24) is 30.8 Å². The summed E-state index contributed by atoms with van der Waals surface area (Å²) in [5.41, 5.74) is 0.876. The van der Waals surface area contributed by atoms with E-state index in [2.05, 4.69) is 36.6 Å². The second-order valence-corrected chi connectivity index (χ2v) is 10.4. The normalized spacial score (nSPS) is 16.2. The molecule has 2 aliphatic heterocycles. The first-order valence-corrected chi connectivity index (χ1v) is 13.3. The van der Waals surface area contributed by atoms with Gasteiger partial charge in [0, 0.05) is 37.6 Å². The summed E-state index contributed by atoms with van der Waals surface area (Å²) in [5.74, 6) is 0. The van der Waals surface area contributed by atoms with Crippen molar-refractivity contribution in [3.8, 4) is 0 Å². The SMILES string of the molecule is CC(C)(C)OC(=O)N1CCC(NC(=O)Nc2cccnc2)CC1.O=C(Nc1cccnc1)NC1CCNCC1. The van der Waals surface area contributed by atoms with Crippen LogP contribution in [-0.4, -0.2) is 76.9 Å². The number of pyridine rings is 2. The number of carbonyl (C=O) groups excluding carboxylic acids is 3. The molecule has 212 valence electrons. The minimum atomic E-state index is -0.490. The molecule has 2 aromatic rings. The van der Waals surface area contributed by atoms with Crippen molar-refractivity contribution in [2.75, 3.05) is 36.8 Å². The zero-order chi connectivity index (χ0) is 28.1. The molecule has 0 saturated carbocycles. The van der Waals surface area contributed by atoms with Gasteiger partial charge < -0.3 is 36.2 Å². The number of anilines is 2. The maximum atomic E-state index is 12.0. The van der Waals surface area contributed by atoms with Crippen molar-refractivity contribution < 1.29 is 19.1 Å². The Bertz CT molecular complexity index is 1030. The van der Waals surface area contributed by atoms with E-state index in [9.17, 15) is 14.4 Å². The van der Waals surface area contributed by atoms with Crippen LogP contribution in [0.3, 0.4) is 0 Å². The quantitative estimate of drug-likeness (QED) is 0.398. The Morgan fingerprint density at radius 3 is 1.77 bits per heavy atom. The van der Waals surface area contributed by atoms with Gasteiger partial charge in [0.2, 0.25) is 0 Å². The number of nitrogens with zero attached hydrogens (tertiary/aromatic N) is 3. The average Bonchev–Trinajstić information content (AvgIpc) is 2.90. The van der Waals surface area contributed by atoms with Crippen LogP contribution in [0.25, 0.3) is 0 Å². The van der Waals surface area contributed by atoms with E-state index in [1.165, 1.54) is 0 Å². The summed E-state index contributed by atoms with van der Waals surface area (Å²) >= 11 is 0. The van der Waals surface area contributed by atoms with Crippen LogP contribution in [-0.2, 0) is 4.74 Å². The first-order chi connectivity index (χ1) is 18.7. The Labute approximate surface area is 229 Å². The molecule has 4 rings (SSSR count). The molecule has 4 heterocycles. The van der Waals surface area contributed by atoms with Crippen LogP contribution >= 0.6 is 0 Å². The molecule has 2 fully saturated rings. The summed E-state index contributed by atoms with van der Waals surface area (Å²) in [5, 5.41) is 14.6. The maximum absolute atomic E-state index is 12.0. The lowest BCUT2D eigenvalue weighted by Gasteiger charge is -2.33. The highest BCUT2D eigenvalue weighted by molar-refractivity contribution is 5.89. The first-order valence-electron chi connectivity index (χ1n) is 13.3. The molecule has 5 N–H and O–H groups in total. The van der Waals surface area contributed by atoms with Gasteiger partial charge in [0.05, 0.1) is 23.8 Å². The molecule has 39 heavy (non-hydrogen) atoms. The summed E-state index contributed by atoms with van der Waals surface area (Å²) in [6, 6.07) is 7.05. The van der Waals surface area contributed by atoms with E-state index in [1.54, 1.807) is 47.9 Å². The van der Waals surface area contributed by atoms with Crippen LogP contribution in [0.2, 0.25) is 0 Å². The highest BCUT2D eigenvalue weighted by atomic mass is 16.6. The van der Waals surface area contributed by atoms with Crippen molar-refractivity contribution in [1.29, 1.82) is 0 Å². The Kier molecular flexibility index (Phi) is 11.3. The predicted octanol–water partition coefficient (Wildman–Crippen LogP) is 3.56. The molecule has 2 aromatic heterocycles. The molecule has 0 bridgehead atoms. The number of piperidine rings is 2. The van der Waals surface area contributed by atoms with Crippen LogP contribution in [0, 0.1) is 0 Å². The number of urea groups is 2. The Morgan fingerprint density at radius 1 is 0.846 bits per heavy atom. The van der Waals surface area contributed by atoms with Crippen LogP contribution in [0.15, 0.2) is 49.1 Å². The largest absolute Gasteiger partial charge is 0.444 e. The van der Waals surface area contributed by atoms with Gasteiger partial charge in [0.15, 0.2) is 0 Å². The molecule has 0 aromatic carbocycles. The van der Waals surface area contributed by atoms with Gasteiger partial charge in [-0.2, -0.15) is 0 Å². The molecule has 12 heteroatoms. The number of ether oxygens (including phenoxy) is 1. The lowest BCUT2D eigenvalue weighted by atomic mass is 10.1. The van der Waals surface area contributed by atoms with Crippen molar-refractivity contribution in [2.24, 2.45) is 0 Å². The van der Waals surface area contributed by atoms with E-state index >= 15 is 0 Å². The standard InChI is InChI=1S/C16H24N4O3.C11H16N4O/c1-16(2,3)23-15(22)20-9-6-12(7-10-20)18-14(21)19-13-5-4-8-17-11-13;16-11(14-9-3-6-12-7-4-9)15-10-2-1-5-13-8-10/h4-5,8,11-12H,6-7,9-10H2,1-3H3,(H2,18,19,21);1-2,5,8-9,12H,3-4,6-7H2,(H2,14,15,16). The van der Waals surface area contributed by atoms with E-state index in [0.717, 1.165) is 25.9 Å². The van der Waals surface area contributed by atoms with Crippen molar-refractivity contribution in [3.63, 3.8) is 0 Å². The number of hydrogen-bond donors (Lipinski definition) is 5. The van der Waals surface area contributed by atoms with Gasteiger partial charge in [-0.25, -0.2) is 14.4 Å². The third-order valence-electron chi connectivity index (χ3n) is 6.00. The molecular formula is C27H40N8O4. The maximum Gasteiger partial charge on any atom is 0.410 e. The zero-order valence-electron chi connectivity index (χ0n) is 22.9. The van der Waals surface area contributed by atoms with Crippen molar-refractivity contribution in [2.45, 2.75) is 64.1 Å². The van der Waals surface area contributed by atoms with E-state index in [-0.39, 0.29) is 30.2 Å². The summed E-state index contributed by atoms with van der Waals surface area (Å²) in [6.45, 7) is 8.64. The minimum Gasteiger partial charge on any atom is -0.444 e. The number of nitrogens with one attached hydrogen (secondary N) is 5. The Morgan fingerprint density at radius 2 is 1.33 bits per heavy atom. The van der Waals surface area contributed by atoms with Gasteiger partial charge in [-0.15, -0.1) is 0 Å². The fourth-order valence-corrected chi connectivity index (χ4v) is 4.08. The second kappa shape index (κ2) is 14.9. The second-order valence-electron chi connectivity index (χ2n) is 10.4. The van der Waals surface area contributed by atoms with Crippen LogP contribution in [0.5, 0.6) is 0 Å². The summed E-state index contributed by atoms with van der Waals surface area (Å²) in [4.78, 5) is 45.1. The molecule has 5 amide bonds. The van der Waals surface area contributed by atoms with Crippen LogP contribution in [0.4, 0.5) is 25.8 Å². The fourth-order valence-electron chi connectivity index (χ4n) is 4.08. The monoisotopic (exact) mass is 540 g/mol. The molecule has 0 radical (unpaired) electrons. The summed E-state index contributed by atoms with van der Waals surface area (Å²) < 4.78 is 5.35. The van der Waals surface area contributed by atoms with Gasteiger partial charge in [-0.1, -0.05) is 0 Å². The van der Waals surface area contributed by atoms with Gasteiger partial charge in [0.25, 0.3) is 0 Å². The minimum absolute atomic E-state index is 0.0466. The van der Waals surface area contributed by atoms with Crippen molar-refractivity contribution in [3.05, 3.63) is 49.1 Å². The van der Waals surface area contributed by atoms with Gasteiger partial charge in [0.1, 0.15) is 5.60 Å². The number of likely N-dealkylation sites (tertiary alicyclic amines) is 1. The summed E-state index contributed by atoms with van der Waals surface area (Å²) in [6.07, 6.45) is 9.63. The summed E-state index contributed by atoms with van der Waals surface area (Å²) in [7, 11) is 0. The molecular weight excluding hydrogens is 500 g/mol. The topological polar surface area (TPSA) is 150 Å². The number of rotatable bonds is 4. The van der Waals surface area contributed by atoms with Gasteiger partial charge >= 0.3 is 18.2 Å². The number of carbonyl (C=O) groups is 3. The molecule has 0 aliphatic carbocycles. The first kappa shape index (κ1) is 29.6. The predicted molar refractivity (Wildman–Crippen MR) is 150 cm³/mol. The van der Waals surface area contributed by atoms with Gasteiger partial charge in [-0.05, 0) is 83.8 Å². The lowest BCUT2D eigenvalue weighted by molar-refractivity contribution is 0.0202. The lowest BCUT2D eigenvalue weighted by Crippen LogP contribution is -2.48. The van der Waals surface area contributed by atoms with E-state index in [0.29, 0.717) is 37.3 Å². The smallest absolute Gasteiger partial charge is 0.410 e. The Hall–Kier alpha value is -3.93. The molecule has 2 saturated heterocycles. The zero-order valence-corrected chi connectivity index (χ0v) is 22.9. The van der Waals surface area contributed by atoms with Crippen molar-refractivity contribution >= 4 is 29.5 Å². The number of amides is 5. The van der Waals surface area contributed by atoms with Crippen LogP contribution < -0.4 is 26.6 Å². The molecule has 0 atom stereocenters. The van der Waals surface area contributed by atoms with E-state index < -0.39 is 5.60 Å². The molecule has 0 unspecified atom stereocenters. The van der Waals surface area contributed by atoms with Crippen LogP contribution in [0.1, 0.15) is 46.5 Å². The highest BCUT2D eigenvalue weighted by Gasteiger charge is 2.27. The van der Waals surface area contributed by atoms with Gasteiger partial charge in [-0.3, -0.25) is 9.97 Å². The molecule has 12 nitrogen and oxygen atoms in total. The Balaban J connectivity index is 0.000000230. The fraction of sp³-hybridized carbons (Fsp3) is 0.519. The third-order valence-corrected chi connectivity index (χ3v) is 6.00. The average molecular weight is 541 g/mol. The number of aromatic nitrogens is 2. The van der Waals surface area contributed by atoms with E-state index in [4.69, 9.17) is 4.74 Å². The molecule has 2 aliphatic rings. The van der Waals surface area contributed by atoms with E-state index in [1.807, 2.05) is 26.8 Å².